The highest BCUT2D eigenvalue weighted by molar-refractivity contribution is 5.88. The van der Waals surface area contributed by atoms with E-state index in [1.807, 2.05) is 6.07 Å². The number of ether oxygens (including phenoxy) is 1. The molecule has 1 aliphatic heterocycles. The summed E-state index contributed by atoms with van der Waals surface area (Å²) in [5.74, 6) is 0.186. The largest absolute Gasteiger partial charge is 0.394 e. The average Bonchev–Trinajstić information content (AvgIpc) is 3.03. The van der Waals surface area contributed by atoms with Gasteiger partial charge in [0.2, 0.25) is 5.60 Å². The van der Waals surface area contributed by atoms with Crippen molar-refractivity contribution in [3.8, 4) is 6.07 Å². The number of hydrogen-bond donors (Lipinski definition) is 5. The molecule has 0 spiro atoms. The molecule has 3 heterocycles. The van der Waals surface area contributed by atoms with E-state index in [-0.39, 0.29) is 11.4 Å². The van der Waals surface area contributed by atoms with E-state index in [1.165, 1.54) is 12.5 Å². The molecule has 1 saturated heterocycles. The van der Waals surface area contributed by atoms with Gasteiger partial charge in [-0.1, -0.05) is 0 Å². The zero-order valence-electron chi connectivity index (χ0n) is 10.8. The van der Waals surface area contributed by atoms with Gasteiger partial charge in [-0.3, -0.25) is 0 Å². The molecule has 0 amide bonds. The lowest BCUT2D eigenvalue weighted by atomic mass is 9.89. The Morgan fingerprint density at radius 2 is 2.24 bits per heavy atom. The number of H-pyrrole nitrogens is 1. The maximum absolute atomic E-state index is 10.2. The molecule has 1 aliphatic rings. The Hall–Kier alpha value is -2.25. The SMILES string of the molecule is N#C[C@@]1(c2c[nH]c3c(N)ncnc23)O[C@H](CO)[C@@H](O)[C@H]1O. The average molecular weight is 291 g/mol. The van der Waals surface area contributed by atoms with Crippen LogP contribution in [-0.2, 0) is 10.3 Å². The molecule has 4 atom stereocenters. The highest BCUT2D eigenvalue weighted by atomic mass is 16.6. The molecule has 3 rings (SSSR count). The first kappa shape index (κ1) is 13.7. The number of aromatic amines is 1. The van der Waals surface area contributed by atoms with Gasteiger partial charge >= 0.3 is 0 Å². The third kappa shape index (κ3) is 1.71. The molecule has 110 valence electrons. The van der Waals surface area contributed by atoms with Gasteiger partial charge in [-0.05, 0) is 0 Å². The molecular weight excluding hydrogens is 278 g/mol. The zero-order chi connectivity index (χ0) is 15.2. The zero-order valence-corrected chi connectivity index (χ0v) is 10.8. The van der Waals surface area contributed by atoms with Gasteiger partial charge in [0.25, 0.3) is 0 Å². The predicted molar refractivity (Wildman–Crippen MR) is 69.6 cm³/mol. The minimum absolute atomic E-state index is 0.186. The number of hydrogen-bond acceptors (Lipinski definition) is 8. The first-order chi connectivity index (χ1) is 10.0. The lowest BCUT2D eigenvalue weighted by Crippen LogP contribution is -2.39. The van der Waals surface area contributed by atoms with Gasteiger partial charge in [0.05, 0.1) is 6.61 Å². The predicted octanol–water partition coefficient (Wildman–Crippen LogP) is -1.63. The molecule has 0 saturated carbocycles. The molecule has 0 aromatic carbocycles. The van der Waals surface area contributed by atoms with E-state index in [4.69, 9.17) is 10.5 Å². The van der Waals surface area contributed by atoms with Gasteiger partial charge < -0.3 is 30.8 Å². The fourth-order valence-electron chi connectivity index (χ4n) is 2.58. The number of aliphatic hydroxyl groups is 3. The van der Waals surface area contributed by atoms with Crippen LogP contribution in [0.2, 0.25) is 0 Å². The van der Waals surface area contributed by atoms with Gasteiger partial charge in [-0.25, -0.2) is 9.97 Å². The van der Waals surface area contributed by atoms with Crippen molar-refractivity contribution in [2.75, 3.05) is 12.3 Å². The van der Waals surface area contributed by atoms with Crippen LogP contribution in [0.5, 0.6) is 0 Å². The molecule has 0 radical (unpaired) electrons. The highest BCUT2D eigenvalue weighted by Crippen LogP contribution is 2.42. The summed E-state index contributed by atoms with van der Waals surface area (Å²) in [4.78, 5) is 10.7. The number of nitrogens with two attached hydrogens (primary N) is 1. The van der Waals surface area contributed by atoms with Crippen LogP contribution in [0.1, 0.15) is 5.56 Å². The standard InChI is InChI=1S/C12H13N5O4/c13-3-12(10(20)9(19)6(2-18)21-12)5-1-15-8-7(5)16-4-17-11(8)14/h1,4,6,9-10,15,18-20H,2H2,(H2,14,16,17)/t6-,9-,10-,12+/m1/s1. The van der Waals surface area contributed by atoms with Gasteiger partial charge in [0.1, 0.15) is 41.7 Å². The highest BCUT2D eigenvalue weighted by Gasteiger charge is 2.57. The summed E-state index contributed by atoms with van der Waals surface area (Å²) in [5, 5.41) is 38.8. The third-order valence-electron chi connectivity index (χ3n) is 3.70. The fraction of sp³-hybridized carbons (Fsp3) is 0.417. The Morgan fingerprint density at radius 1 is 1.48 bits per heavy atom. The molecule has 9 nitrogen and oxygen atoms in total. The second kappa shape index (κ2) is 4.64. The lowest BCUT2D eigenvalue weighted by molar-refractivity contribution is -0.0604. The second-order valence-electron chi connectivity index (χ2n) is 4.81. The molecule has 21 heavy (non-hydrogen) atoms. The first-order valence-electron chi connectivity index (χ1n) is 6.19. The van der Waals surface area contributed by atoms with E-state index in [1.54, 1.807) is 0 Å². The van der Waals surface area contributed by atoms with E-state index >= 15 is 0 Å². The molecule has 6 N–H and O–H groups in total. The Morgan fingerprint density at radius 3 is 2.86 bits per heavy atom. The number of nitrogens with one attached hydrogen (secondary N) is 1. The topological polar surface area (TPSA) is 161 Å². The van der Waals surface area contributed by atoms with E-state index in [2.05, 4.69) is 15.0 Å². The minimum Gasteiger partial charge on any atom is -0.394 e. The maximum atomic E-state index is 10.2. The van der Waals surface area contributed by atoms with E-state index in [0.717, 1.165) is 0 Å². The maximum Gasteiger partial charge on any atom is 0.212 e. The van der Waals surface area contributed by atoms with E-state index < -0.39 is 30.5 Å². The van der Waals surface area contributed by atoms with E-state index in [0.29, 0.717) is 11.0 Å². The van der Waals surface area contributed by atoms with Gasteiger partial charge in [-0.15, -0.1) is 0 Å². The second-order valence-corrected chi connectivity index (χ2v) is 4.81. The van der Waals surface area contributed by atoms with Crippen LogP contribution >= 0.6 is 0 Å². The Bertz CT molecular complexity index is 726. The molecule has 2 aromatic heterocycles. The molecule has 0 aliphatic carbocycles. The fourth-order valence-corrected chi connectivity index (χ4v) is 2.58. The molecule has 0 unspecified atom stereocenters. The number of anilines is 1. The van der Waals surface area contributed by atoms with Crippen molar-refractivity contribution < 1.29 is 20.1 Å². The van der Waals surface area contributed by atoms with Crippen molar-refractivity contribution in [1.82, 2.24) is 15.0 Å². The van der Waals surface area contributed by atoms with Crippen LogP contribution in [0, 0.1) is 11.3 Å². The van der Waals surface area contributed by atoms with Crippen LogP contribution in [0.3, 0.4) is 0 Å². The third-order valence-corrected chi connectivity index (χ3v) is 3.70. The van der Waals surface area contributed by atoms with Crippen molar-refractivity contribution in [2.24, 2.45) is 0 Å². The first-order valence-corrected chi connectivity index (χ1v) is 6.19. The minimum atomic E-state index is -1.84. The Kier molecular flexibility index (Phi) is 3.03. The number of aromatic nitrogens is 3. The summed E-state index contributed by atoms with van der Waals surface area (Å²) in [6.45, 7) is -0.527. The summed E-state index contributed by atoms with van der Waals surface area (Å²) in [5.41, 5.74) is 4.82. The quantitative estimate of drug-likeness (QED) is 0.440. The number of fused-ring (bicyclic) bond motifs is 1. The van der Waals surface area contributed by atoms with Crippen molar-refractivity contribution in [2.45, 2.75) is 23.9 Å². The molecule has 2 aromatic rings. The molecule has 9 heteroatoms. The monoisotopic (exact) mass is 291 g/mol. The summed E-state index contributed by atoms with van der Waals surface area (Å²) < 4.78 is 5.43. The summed E-state index contributed by atoms with van der Waals surface area (Å²) in [7, 11) is 0. The molecule has 0 bridgehead atoms. The van der Waals surface area contributed by atoms with Crippen molar-refractivity contribution in [1.29, 1.82) is 5.26 Å². The number of aliphatic hydroxyl groups excluding tert-OH is 3. The molecule has 1 fully saturated rings. The van der Waals surface area contributed by atoms with Gasteiger partial charge in [-0.2, -0.15) is 5.26 Å². The van der Waals surface area contributed by atoms with Crippen LogP contribution in [0.4, 0.5) is 5.82 Å². The van der Waals surface area contributed by atoms with E-state index in [9.17, 15) is 20.6 Å². The Balaban J connectivity index is 2.20. The van der Waals surface area contributed by atoms with Crippen LogP contribution in [0.15, 0.2) is 12.5 Å². The van der Waals surface area contributed by atoms with Gasteiger partial charge in [0, 0.05) is 11.8 Å². The number of rotatable bonds is 2. The summed E-state index contributed by atoms with van der Waals surface area (Å²) in [6, 6.07) is 1.87. The molecular formula is C12H13N5O4. The summed E-state index contributed by atoms with van der Waals surface area (Å²) in [6.07, 6.45) is -1.34. The number of nitrogen functional groups attached to an aromatic ring is 1. The smallest absolute Gasteiger partial charge is 0.212 e. The number of nitriles is 1. The summed E-state index contributed by atoms with van der Waals surface area (Å²) >= 11 is 0. The Labute approximate surface area is 118 Å². The van der Waals surface area contributed by atoms with Crippen LogP contribution in [-0.4, -0.2) is 55.2 Å². The van der Waals surface area contributed by atoms with Crippen molar-refractivity contribution in [3.05, 3.63) is 18.1 Å². The normalized spacial score (nSPS) is 32.4. The van der Waals surface area contributed by atoms with Crippen LogP contribution in [0.25, 0.3) is 11.0 Å². The van der Waals surface area contributed by atoms with Gasteiger partial charge in [0.15, 0.2) is 5.82 Å². The number of nitrogens with zero attached hydrogens (tertiary/aromatic N) is 3. The lowest BCUT2D eigenvalue weighted by Gasteiger charge is -2.23. The van der Waals surface area contributed by atoms with Crippen molar-refractivity contribution >= 4 is 16.9 Å². The van der Waals surface area contributed by atoms with Crippen molar-refractivity contribution in [3.63, 3.8) is 0 Å². The van der Waals surface area contributed by atoms with Crippen LogP contribution < -0.4 is 5.73 Å².